The first kappa shape index (κ1) is 16.2. The van der Waals surface area contributed by atoms with Gasteiger partial charge in [0.25, 0.3) is 5.56 Å². The third-order valence-corrected chi connectivity index (χ3v) is 5.31. The molecule has 1 aromatic heterocycles. The third kappa shape index (κ3) is 2.83. The fraction of sp³-hybridized carbons (Fsp3) is 0.500. The SMILES string of the molecule is CC(C)n1cnc2ccc(NC(=O)C3NNC4CCCC43)cc2c1=O. The highest BCUT2D eigenvalue weighted by Crippen LogP contribution is 2.32. The first-order chi connectivity index (χ1) is 12.0. The Kier molecular flexibility index (Phi) is 4.05. The van der Waals surface area contributed by atoms with Crippen molar-refractivity contribution in [2.75, 3.05) is 5.32 Å². The van der Waals surface area contributed by atoms with Crippen molar-refractivity contribution in [2.24, 2.45) is 5.92 Å². The lowest BCUT2D eigenvalue weighted by molar-refractivity contribution is -0.118. The first-order valence-electron chi connectivity index (χ1n) is 8.87. The third-order valence-electron chi connectivity index (χ3n) is 5.31. The molecule has 0 radical (unpaired) electrons. The molecule has 1 saturated heterocycles. The number of hydrogen-bond acceptors (Lipinski definition) is 5. The number of nitrogens with one attached hydrogen (secondary N) is 3. The summed E-state index contributed by atoms with van der Waals surface area (Å²) in [5.74, 6) is 0.273. The van der Waals surface area contributed by atoms with Crippen molar-refractivity contribution in [3.8, 4) is 0 Å². The van der Waals surface area contributed by atoms with Crippen LogP contribution in [0.3, 0.4) is 0 Å². The van der Waals surface area contributed by atoms with Crippen LogP contribution in [0, 0.1) is 5.92 Å². The minimum Gasteiger partial charge on any atom is -0.325 e. The zero-order chi connectivity index (χ0) is 17.6. The van der Waals surface area contributed by atoms with E-state index in [1.807, 2.05) is 13.8 Å². The van der Waals surface area contributed by atoms with Gasteiger partial charge in [-0.15, -0.1) is 0 Å². The van der Waals surface area contributed by atoms with Crippen LogP contribution in [-0.4, -0.2) is 27.5 Å². The predicted molar refractivity (Wildman–Crippen MR) is 96.2 cm³/mol. The molecule has 0 bridgehead atoms. The van der Waals surface area contributed by atoms with Gasteiger partial charge in [0.15, 0.2) is 0 Å². The largest absolute Gasteiger partial charge is 0.325 e. The topological polar surface area (TPSA) is 88.1 Å². The van der Waals surface area contributed by atoms with Crippen LogP contribution in [0.25, 0.3) is 10.9 Å². The number of nitrogens with zero attached hydrogens (tertiary/aromatic N) is 2. The highest BCUT2D eigenvalue weighted by atomic mass is 16.2. The number of carbonyl (C=O) groups is 1. The van der Waals surface area contributed by atoms with Gasteiger partial charge in [0.2, 0.25) is 5.91 Å². The monoisotopic (exact) mass is 341 g/mol. The van der Waals surface area contributed by atoms with Gasteiger partial charge in [-0.25, -0.2) is 10.4 Å². The van der Waals surface area contributed by atoms with Gasteiger partial charge in [0.1, 0.15) is 6.04 Å². The summed E-state index contributed by atoms with van der Waals surface area (Å²) in [7, 11) is 0. The molecule has 1 amide bonds. The van der Waals surface area contributed by atoms with Crippen molar-refractivity contribution in [1.29, 1.82) is 0 Å². The summed E-state index contributed by atoms with van der Waals surface area (Å²) < 4.78 is 1.60. The Labute approximate surface area is 145 Å². The maximum absolute atomic E-state index is 12.6. The van der Waals surface area contributed by atoms with E-state index in [0.717, 1.165) is 19.3 Å². The normalized spacial score (nSPS) is 25.5. The van der Waals surface area contributed by atoms with E-state index in [9.17, 15) is 9.59 Å². The number of carbonyl (C=O) groups excluding carboxylic acids is 1. The van der Waals surface area contributed by atoms with Crippen molar-refractivity contribution in [1.82, 2.24) is 20.4 Å². The average molecular weight is 341 g/mol. The van der Waals surface area contributed by atoms with Crippen LogP contribution in [0.5, 0.6) is 0 Å². The molecular weight excluding hydrogens is 318 g/mol. The van der Waals surface area contributed by atoms with Gasteiger partial charge in [-0.3, -0.25) is 19.6 Å². The molecule has 7 heteroatoms. The number of fused-ring (bicyclic) bond motifs is 2. The van der Waals surface area contributed by atoms with E-state index in [2.05, 4.69) is 21.2 Å². The molecule has 4 rings (SSSR count). The predicted octanol–water partition coefficient (Wildman–Crippen LogP) is 1.56. The molecule has 2 heterocycles. The average Bonchev–Trinajstić information content (AvgIpc) is 3.18. The van der Waals surface area contributed by atoms with Gasteiger partial charge in [0, 0.05) is 23.7 Å². The molecule has 1 aliphatic heterocycles. The summed E-state index contributed by atoms with van der Waals surface area (Å²) in [5.41, 5.74) is 7.50. The second kappa shape index (κ2) is 6.24. The van der Waals surface area contributed by atoms with Crippen LogP contribution in [0.15, 0.2) is 29.3 Å². The highest BCUT2D eigenvalue weighted by molar-refractivity contribution is 5.97. The molecule has 7 nitrogen and oxygen atoms in total. The molecule has 3 N–H and O–H groups in total. The van der Waals surface area contributed by atoms with E-state index in [1.165, 1.54) is 0 Å². The maximum Gasteiger partial charge on any atom is 0.261 e. The van der Waals surface area contributed by atoms with Gasteiger partial charge in [0.05, 0.1) is 17.2 Å². The summed E-state index contributed by atoms with van der Waals surface area (Å²) in [6, 6.07) is 5.47. The van der Waals surface area contributed by atoms with Gasteiger partial charge >= 0.3 is 0 Å². The Morgan fingerprint density at radius 3 is 2.96 bits per heavy atom. The second-order valence-corrected chi connectivity index (χ2v) is 7.24. The molecule has 0 spiro atoms. The van der Waals surface area contributed by atoms with Crippen molar-refractivity contribution >= 4 is 22.5 Å². The van der Waals surface area contributed by atoms with Gasteiger partial charge in [-0.1, -0.05) is 6.42 Å². The minimum absolute atomic E-state index is 0.0377. The first-order valence-corrected chi connectivity index (χ1v) is 8.87. The van der Waals surface area contributed by atoms with E-state index in [1.54, 1.807) is 29.1 Å². The van der Waals surface area contributed by atoms with Crippen molar-refractivity contribution < 1.29 is 4.79 Å². The Morgan fingerprint density at radius 1 is 1.32 bits per heavy atom. The summed E-state index contributed by atoms with van der Waals surface area (Å²) in [5, 5.41) is 3.47. The number of amides is 1. The van der Waals surface area contributed by atoms with E-state index >= 15 is 0 Å². The summed E-state index contributed by atoms with van der Waals surface area (Å²) in [6.45, 7) is 3.88. The molecule has 1 aromatic carbocycles. The molecule has 2 aliphatic rings. The molecule has 1 aliphatic carbocycles. The van der Waals surface area contributed by atoms with Crippen LogP contribution < -0.4 is 21.7 Å². The zero-order valence-electron chi connectivity index (χ0n) is 14.5. The molecule has 25 heavy (non-hydrogen) atoms. The number of aromatic nitrogens is 2. The fourth-order valence-electron chi connectivity index (χ4n) is 3.93. The molecule has 3 unspecified atom stereocenters. The fourth-order valence-corrected chi connectivity index (χ4v) is 3.93. The zero-order valence-corrected chi connectivity index (χ0v) is 14.5. The Bertz CT molecular complexity index is 875. The lowest BCUT2D eigenvalue weighted by Gasteiger charge is -2.17. The van der Waals surface area contributed by atoms with Crippen LogP contribution in [0.2, 0.25) is 0 Å². The summed E-state index contributed by atoms with van der Waals surface area (Å²) in [4.78, 5) is 29.6. The standard InChI is InChI=1S/C18H23N5O2/c1-10(2)23-9-19-14-7-6-11(8-13(14)18(23)25)20-17(24)16-12-4-3-5-15(12)21-22-16/h6-10,12,15-16,21-22H,3-5H2,1-2H3,(H,20,24). The maximum atomic E-state index is 12.6. The lowest BCUT2D eigenvalue weighted by atomic mass is 9.96. The quantitative estimate of drug-likeness (QED) is 0.788. The number of rotatable bonds is 3. The Balaban J connectivity index is 1.60. The van der Waals surface area contributed by atoms with Gasteiger partial charge < -0.3 is 5.32 Å². The van der Waals surface area contributed by atoms with Crippen LogP contribution in [0.4, 0.5) is 5.69 Å². The second-order valence-electron chi connectivity index (χ2n) is 7.24. The summed E-state index contributed by atoms with van der Waals surface area (Å²) >= 11 is 0. The Hall–Kier alpha value is -2.25. The van der Waals surface area contributed by atoms with E-state index in [4.69, 9.17) is 0 Å². The van der Waals surface area contributed by atoms with Crippen LogP contribution in [0.1, 0.15) is 39.2 Å². The lowest BCUT2D eigenvalue weighted by Crippen LogP contribution is -2.42. The van der Waals surface area contributed by atoms with E-state index < -0.39 is 0 Å². The molecular formula is C18H23N5O2. The van der Waals surface area contributed by atoms with Crippen LogP contribution in [-0.2, 0) is 4.79 Å². The molecule has 2 aromatic rings. The minimum atomic E-state index is -0.232. The Morgan fingerprint density at radius 2 is 2.16 bits per heavy atom. The van der Waals surface area contributed by atoms with Gasteiger partial charge in [-0.2, -0.15) is 0 Å². The molecule has 132 valence electrons. The molecule has 2 fully saturated rings. The number of hydrogen-bond donors (Lipinski definition) is 3. The van der Waals surface area contributed by atoms with Crippen molar-refractivity contribution in [3.05, 3.63) is 34.9 Å². The molecule has 3 atom stereocenters. The highest BCUT2D eigenvalue weighted by Gasteiger charge is 2.42. The van der Waals surface area contributed by atoms with Gasteiger partial charge in [-0.05, 0) is 44.9 Å². The summed E-state index contributed by atoms with van der Waals surface area (Å²) in [6.07, 6.45) is 4.90. The van der Waals surface area contributed by atoms with Crippen LogP contribution >= 0.6 is 0 Å². The number of anilines is 1. The smallest absolute Gasteiger partial charge is 0.261 e. The van der Waals surface area contributed by atoms with Crippen molar-refractivity contribution in [3.63, 3.8) is 0 Å². The number of hydrazine groups is 1. The van der Waals surface area contributed by atoms with E-state index in [0.29, 0.717) is 28.6 Å². The van der Waals surface area contributed by atoms with E-state index in [-0.39, 0.29) is 23.6 Å². The molecule has 1 saturated carbocycles. The number of benzene rings is 1. The van der Waals surface area contributed by atoms with Crippen molar-refractivity contribution in [2.45, 2.75) is 51.2 Å².